The largest absolute Gasteiger partial charge is 0.481 e. The van der Waals surface area contributed by atoms with E-state index in [1.54, 1.807) is 6.92 Å². The lowest BCUT2D eigenvalue weighted by atomic mass is 9.88. The van der Waals surface area contributed by atoms with Crippen molar-refractivity contribution in [3.63, 3.8) is 0 Å². The van der Waals surface area contributed by atoms with Gasteiger partial charge in [0, 0.05) is 12.6 Å². The Labute approximate surface area is 115 Å². The Hall–Kier alpha value is -1.26. The Balaban J connectivity index is 2.38. The molecule has 0 saturated heterocycles. The van der Waals surface area contributed by atoms with Crippen molar-refractivity contribution in [1.29, 1.82) is 0 Å². The molecule has 5 nitrogen and oxygen atoms in total. The molecule has 0 aromatic carbocycles. The molecule has 0 radical (unpaired) electrons. The molecule has 110 valence electrons. The van der Waals surface area contributed by atoms with E-state index in [1.165, 1.54) is 0 Å². The van der Waals surface area contributed by atoms with Gasteiger partial charge in [0.05, 0.1) is 5.41 Å². The van der Waals surface area contributed by atoms with Gasteiger partial charge in [-0.15, -0.1) is 0 Å². The molecule has 1 aliphatic rings. The molecule has 0 spiro atoms. The first-order chi connectivity index (χ1) is 8.68. The number of carbonyl (C=O) groups is 2. The minimum Gasteiger partial charge on any atom is -0.481 e. The van der Waals surface area contributed by atoms with Gasteiger partial charge in [0.1, 0.15) is 0 Å². The summed E-state index contributed by atoms with van der Waals surface area (Å²) in [6.45, 7) is 8.01. The summed E-state index contributed by atoms with van der Waals surface area (Å²) >= 11 is 0. The molecule has 1 aliphatic carbocycles. The Morgan fingerprint density at radius 2 is 2.05 bits per heavy atom. The first-order valence-electron chi connectivity index (χ1n) is 6.96. The fourth-order valence-corrected chi connectivity index (χ4v) is 2.42. The number of aliphatic carboxylic acids is 1. The fourth-order valence-electron chi connectivity index (χ4n) is 2.42. The van der Waals surface area contributed by atoms with E-state index >= 15 is 0 Å². The maximum Gasteiger partial charge on any atom is 0.315 e. The molecule has 0 heterocycles. The van der Waals surface area contributed by atoms with E-state index in [0.717, 1.165) is 19.3 Å². The third-order valence-corrected chi connectivity index (χ3v) is 4.24. The van der Waals surface area contributed by atoms with E-state index in [2.05, 4.69) is 24.5 Å². The number of urea groups is 1. The molecule has 1 rings (SSSR count). The predicted octanol–water partition coefficient (Wildman–Crippen LogP) is 2.37. The van der Waals surface area contributed by atoms with Crippen LogP contribution in [0.3, 0.4) is 0 Å². The van der Waals surface area contributed by atoms with Crippen molar-refractivity contribution in [2.75, 3.05) is 6.54 Å². The summed E-state index contributed by atoms with van der Waals surface area (Å²) in [6.07, 6.45) is 3.56. The molecule has 2 amide bonds. The van der Waals surface area contributed by atoms with Crippen molar-refractivity contribution in [2.24, 2.45) is 10.8 Å². The SMILES string of the molecule is CCC(C)(CNC(=O)NC1CCC(C)(C)C1)C(=O)O. The predicted molar refractivity (Wildman–Crippen MR) is 74.0 cm³/mol. The van der Waals surface area contributed by atoms with Crippen LogP contribution in [0.25, 0.3) is 0 Å². The molecule has 0 aromatic heterocycles. The highest BCUT2D eigenvalue weighted by atomic mass is 16.4. The first kappa shape index (κ1) is 15.8. The van der Waals surface area contributed by atoms with Crippen LogP contribution in [0, 0.1) is 10.8 Å². The number of carboxylic acids is 1. The number of carbonyl (C=O) groups excluding carboxylic acids is 1. The summed E-state index contributed by atoms with van der Waals surface area (Å²) in [7, 11) is 0. The zero-order chi connectivity index (χ0) is 14.7. The molecule has 0 aromatic rings. The summed E-state index contributed by atoms with van der Waals surface area (Å²) in [4.78, 5) is 22.9. The Kier molecular flexibility index (Phi) is 4.82. The number of rotatable bonds is 5. The molecule has 19 heavy (non-hydrogen) atoms. The minimum absolute atomic E-state index is 0.154. The molecular weight excluding hydrogens is 244 g/mol. The third-order valence-electron chi connectivity index (χ3n) is 4.24. The maximum atomic E-state index is 11.8. The van der Waals surface area contributed by atoms with Crippen LogP contribution in [0.5, 0.6) is 0 Å². The second kappa shape index (κ2) is 5.80. The van der Waals surface area contributed by atoms with Gasteiger partial charge in [0.25, 0.3) is 0 Å². The lowest BCUT2D eigenvalue weighted by molar-refractivity contribution is -0.147. The molecule has 1 fully saturated rings. The number of hydrogen-bond acceptors (Lipinski definition) is 2. The molecule has 0 bridgehead atoms. The van der Waals surface area contributed by atoms with Gasteiger partial charge in [-0.2, -0.15) is 0 Å². The van der Waals surface area contributed by atoms with Gasteiger partial charge in [-0.05, 0) is 38.0 Å². The summed E-state index contributed by atoms with van der Waals surface area (Å²) in [5.74, 6) is -0.878. The van der Waals surface area contributed by atoms with Gasteiger partial charge in [-0.25, -0.2) is 4.79 Å². The molecule has 5 heteroatoms. The van der Waals surface area contributed by atoms with Crippen LogP contribution in [-0.2, 0) is 4.79 Å². The molecule has 0 aliphatic heterocycles. The second-order valence-corrected chi connectivity index (χ2v) is 6.65. The smallest absolute Gasteiger partial charge is 0.315 e. The van der Waals surface area contributed by atoms with Crippen LogP contribution in [0.15, 0.2) is 0 Å². The van der Waals surface area contributed by atoms with E-state index in [4.69, 9.17) is 5.11 Å². The third kappa shape index (κ3) is 4.40. The number of nitrogens with one attached hydrogen (secondary N) is 2. The second-order valence-electron chi connectivity index (χ2n) is 6.65. The lowest BCUT2D eigenvalue weighted by Gasteiger charge is -2.24. The highest BCUT2D eigenvalue weighted by molar-refractivity contribution is 5.77. The molecule has 3 N–H and O–H groups in total. The van der Waals surface area contributed by atoms with Crippen LogP contribution >= 0.6 is 0 Å². The van der Waals surface area contributed by atoms with E-state index in [0.29, 0.717) is 6.42 Å². The van der Waals surface area contributed by atoms with Gasteiger partial charge in [-0.1, -0.05) is 20.8 Å². The highest BCUT2D eigenvalue weighted by Gasteiger charge is 2.33. The van der Waals surface area contributed by atoms with Crippen LogP contribution in [0.4, 0.5) is 4.79 Å². The van der Waals surface area contributed by atoms with Gasteiger partial charge < -0.3 is 15.7 Å². The number of carboxylic acid groups (broad SMARTS) is 1. The quantitative estimate of drug-likeness (QED) is 0.717. The van der Waals surface area contributed by atoms with Crippen LogP contribution < -0.4 is 10.6 Å². The van der Waals surface area contributed by atoms with Crippen LogP contribution in [0.2, 0.25) is 0 Å². The standard InChI is InChI=1S/C14H26N2O3/c1-5-14(4,11(17)18)9-15-12(19)16-10-6-7-13(2,3)8-10/h10H,5-9H2,1-4H3,(H,17,18)(H2,15,16,19). The van der Waals surface area contributed by atoms with Crippen LogP contribution in [-0.4, -0.2) is 29.7 Å². The van der Waals surface area contributed by atoms with Crippen molar-refractivity contribution >= 4 is 12.0 Å². The van der Waals surface area contributed by atoms with Crippen LogP contribution in [0.1, 0.15) is 53.4 Å². The first-order valence-corrected chi connectivity index (χ1v) is 6.96. The zero-order valence-corrected chi connectivity index (χ0v) is 12.4. The van der Waals surface area contributed by atoms with Gasteiger partial charge in [0.15, 0.2) is 0 Å². The Bertz CT molecular complexity index is 355. The van der Waals surface area contributed by atoms with Gasteiger partial charge in [0.2, 0.25) is 0 Å². The summed E-state index contributed by atoms with van der Waals surface area (Å²) in [6, 6.07) is -0.0589. The van der Waals surface area contributed by atoms with Crippen molar-refractivity contribution in [2.45, 2.75) is 59.4 Å². The minimum atomic E-state index is -0.897. The van der Waals surface area contributed by atoms with E-state index < -0.39 is 11.4 Å². The number of hydrogen-bond donors (Lipinski definition) is 3. The molecular formula is C14H26N2O3. The summed E-state index contributed by atoms with van der Waals surface area (Å²) < 4.78 is 0. The average Bonchev–Trinajstić information content (AvgIpc) is 2.65. The fraction of sp³-hybridized carbons (Fsp3) is 0.857. The Morgan fingerprint density at radius 1 is 1.42 bits per heavy atom. The topological polar surface area (TPSA) is 78.4 Å². The monoisotopic (exact) mass is 270 g/mol. The van der Waals surface area contributed by atoms with E-state index in [9.17, 15) is 9.59 Å². The van der Waals surface area contributed by atoms with E-state index in [1.807, 2.05) is 6.92 Å². The summed E-state index contributed by atoms with van der Waals surface area (Å²) in [5.41, 5.74) is -0.608. The van der Waals surface area contributed by atoms with E-state index in [-0.39, 0.29) is 24.0 Å². The normalized spacial score (nSPS) is 24.5. The van der Waals surface area contributed by atoms with Crippen molar-refractivity contribution in [3.8, 4) is 0 Å². The van der Waals surface area contributed by atoms with Gasteiger partial charge >= 0.3 is 12.0 Å². The zero-order valence-electron chi connectivity index (χ0n) is 12.4. The molecule has 2 unspecified atom stereocenters. The Morgan fingerprint density at radius 3 is 2.47 bits per heavy atom. The van der Waals surface area contributed by atoms with Crippen molar-refractivity contribution in [3.05, 3.63) is 0 Å². The molecule has 1 saturated carbocycles. The summed E-state index contributed by atoms with van der Waals surface area (Å²) in [5, 5.41) is 14.7. The van der Waals surface area contributed by atoms with Crippen molar-refractivity contribution in [1.82, 2.24) is 10.6 Å². The molecule has 2 atom stereocenters. The average molecular weight is 270 g/mol. The number of amides is 2. The van der Waals surface area contributed by atoms with Gasteiger partial charge in [-0.3, -0.25) is 4.79 Å². The highest BCUT2D eigenvalue weighted by Crippen LogP contribution is 2.36. The lowest BCUT2D eigenvalue weighted by Crippen LogP contribution is -2.47. The maximum absolute atomic E-state index is 11.8. The van der Waals surface area contributed by atoms with Crippen molar-refractivity contribution < 1.29 is 14.7 Å².